The molecule has 0 aliphatic rings. The average molecular weight is 416 g/mol. The van der Waals surface area contributed by atoms with Crippen molar-refractivity contribution in [2.24, 2.45) is 0 Å². The van der Waals surface area contributed by atoms with Gasteiger partial charge in [0.2, 0.25) is 5.89 Å². The van der Waals surface area contributed by atoms with E-state index in [-0.39, 0.29) is 17.9 Å². The van der Waals surface area contributed by atoms with Gasteiger partial charge in [-0.05, 0) is 49.2 Å². The predicted octanol–water partition coefficient (Wildman–Crippen LogP) is 4.01. The van der Waals surface area contributed by atoms with Crippen LogP contribution in [0.4, 0.5) is 13.2 Å². The number of benzene rings is 2. The van der Waals surface area contributed by atoms with Gasteiger partial charge in [-0.3, -0.25) is 4.79 Å². The van der Waals surface area contributed by atoms with Gasteiger partial charge in [-0.15, -0.1) is 18.3 Å². The Labute approximate surface area is 167 Å². The molecule has 0 radical (unpaired) electrons. The molecule has 0 saturated carbocycles. The minimum Gasteiger partial charge on any atom is -0.444 e. The predicted molar refractivity (Wildman–Crippen MR) is 101 cm³/mol. The lowest BCUT2D eigenvalue weighted by Crippen LogP contribution is -2.25. The number of aromatic nitrogens is 4. The number of ether oxygens (including phenoxy) is 1. The van der Waals surface area contributed by atoms with E-state index in [1.165, 1.54) is 24.3 Å². The highest BCUT2D eigenvalue weighted by atomic mass is 19.4. The Morgan fingerprint density at radius 3 is 2.40 bits per heavy atom. The molecule has 0 spiro atoms. The van der Waals surface area contributed by atoms with Gasteiger partial charge in [-0.1, -0.05) is 23.4 Å². The third-order valence-corrected chi connectivity index (χ3v) is 4.50. The van der Waals surface area contributed by atoms with Gasteiger partial charge in [0.25, 0.3) is 5.56 Å². The van der Waals surface area contributed by atoms with Gasteiger partial charge in [0, 0.05) is 0 Å². The Morgan fingerprint density at radius 1 is 1.07 bits per heavy atom. The molecule has 7 nitrogen and oxygen atoms in total. The lowest BCUT2D eigenvalue weighted by atomic mass is 10.0. The number of aryl methyl sites for hydroxylation is 2. The van der Waals surface area contributed by atoms with Crippen LogP contribution < -0.4 is 10.3 Å². The van der Waals surface area contributed by atoms with Gasteiger partial charge in [0.15, 0.2) is 0 Å². The van der Waals surface area contributed by atoms with Gasteiger partial charge < -0.3 is 9.15 Å². The van der Waals surface area contributed by atoms with E-state index in [0.717, 1.165) is 10.4 Å². The normalized spacial score (nSPS) is 11.8. The van der Waals surface area contributed by atoms with Crippen LogP contribution in [0.2, 0.25) is 0 Å². The molecule has 10 heteroatoms. The fourth-order valence-electron chi connectivity index (χ4n) is 2.94. The van der Waals surface area contributed by atoms with E-state index in [4.69, 9.17) is 4.42 Å². The summed E-state index contributed by atoms with van der Waals surface area (Å²) in [6.07, 6.45) is -4.76. The quantitative estimate of drug-likeness (QED) is 0.500. The molecule has 0 saturated heterocycles. The zero-order valence-corrected chi connectivity index (χ0v) is 15.9. The maximum absolute atomic E-state index is 12.9. The minimum atomic E-state index is -4.76. The molecule has 0 bridgehead atoms. The third kappa shape index (κ3) is 4.02. The Kier molecular flexibility index (Phi) is 4.76. The molecule has 2 heterocycles. The third-order valence-electron chi connectivity index (χ3n) is 4.50. The van der Waals surface area contributed by atoms with E-state index < -0.39 is 6.36 Å². The van der Waals surface area contributed by atoms with Gasteiger partial charge in [0.05, 0.1) is 11.1 Å². The summed E-state index contributed by atoms with van der Waals surface area (Å²) in [6, 6.07) is 10.3. The van der Waals surface area contributed by atoms with Crippen LogP contribution in [0.25, 0.3) is 22.0 Å². The van der Waals surface area contributed by atoms with Crippen molar-refractivity contribution in [1.29, 1.82) is 0 Å². The topological polar surface area (TPSA) is 83.0 Å². The Morgan fingerprint density at radius 2 is 1.77 bits per heavy atom. The molecule has 0 amide bonds. The van der Waals surface area contributed by atoms with Crippen molar-refractivity contribution >= 4 is 10.9 Å². The van der Waals surface area contributed by atoms with E-state index in [2.05, 4.69) is 20.0 Å². The monoisotopic (exact) mass is 416 g/mol. The van der Waals surface area contributed by atoms with Crippen molar-refractivity contribution in [3.8, 4) is 16.9 Å². The summed E-state index contributed by atoms with van der Waals surface area (Å²) in [5.41, 5.74) is 2.00. The molecule has 0 atom stereocenters. The lowest BCUT2D eigenvalue weighted by molar-refractivity contribution is -0.274. The van der Waals surface area contributed by atoms with Crippen LogP contribution >= 0.6 is 0 Å². The molecule has 0 aliphatic heterocycles. The van der Waals surface area contributed by atoms with Crippen LogP contribution in [-0.4, -0.2) is 26.3 Å². The number of nitrogens with zero attached hydrogens (tertiary/aromatic N) is 4. The van der Waals surface area contributed by atoms with Crippen molar-refractivity contribution in [3.05, 3.63) is 70.2 Å². The standard InChI is InChI=1S/C20H15F3N4O3/c1-11-12(2)29-18(24-11)10-27-19(28)16-9-14(5-8-17(16)25-26-27)13-3-6-15(7-4-13)30-20(21,22)23/h3-9H,10H2,1-2H3. The van der Waals surface area contributed by atoms with E-state index in [0.29, 0.717) is 33.7 Å². The summed E-state index contributed by atoms with van der Waals surface area (Å²) in [4.78, 5) is 17.1. The summed E-state index contributed by atoms with van der Waals surface area (Å²) >= 11 is 0. The van der Waals surface area contributed by atoms with Crippen LogP contribution in [0, 0.1) is 13.8 Å². The molecule has 0 unspecified atom stereocenters. The summed E-state index contributed by atoms with van der Waals surface area (Å²) < 4.78 is 47.5. The summed E-state index contributed by atoms with van der Waals surface area (Å²) in [7, 11) is 0. The lowest BCUT2D eigenvalue weighted by Gasteiger charge is -2.09. The molecule has 4 aromatic rings. The maximum Gasteiger partial charge on any atom is 0.573 e. The van der Waals surface area contributed by atoms with Crippen molar-refractivity contribution in [1.82, 2.24) is 20.0 Å². The molecule has 0 aliphatic carbocycles. The molecule has 0 N–H and O–H groups in total. The van der Waals surface area contributed by atoms with Gasteiger partial charge in [-0.25, -0.2) is 9.67 Å². The van der Waals surface area contributed by atoms with E-state index in [1.807, 2.05) is 0 Å². The Hall–Kier alpha value is -3.69. The number of halogens is 3. The summed E-state index contributed by atoms with van der Waals surface area (Å²) in [5.74, 6) is 0.681. The molecular formula is C20H15F3N4O3. The van der Waals surface area contributed by atoms with Gasteiger partial charge in [0.1, 0.15) is 23.6 Å². The van der Waals surface area contributed by atoms with Gasteiger partial charge >= 0.3 is 6.36 Å². The molecule has 154 valence electrons. The second kappa shape index (κ2) is 7.29. The highest BCUT2D eigenvalue weighted by Crippen LogP contribution is 2.27. The van der Waals surface area contributed by atoms with E-state index in [9.17, 15) is 18.0 Å². The van der Waals surface area contributed by atoms with Crippen molar-refractivity contribution < 1.29 is 22.3 Å². The van der Waals surface area contributed by atoms with Gasteiger partial charge in [-0.2, -0.15) is 0 Å². The first-order valence-electron chi connectivity index (χ1n) is 8.86. The maximum atomic E-state index is 12.9. The summed E-state index contributed by atoms with van der Waals surface area (Å²) in [5, 5.41) is 8.29. The smallest absolute Gasteiger partial charge is 0.444 e. The Balaban J connectivity index is 1.67. The highest BCUT2D eigenvalue weighted by Gasteiger charge is 2.30. The SMILES string of the molecule is Cc1nc(Cn2nnc3ccc(-c4ccc(OC(F)(F)F)cc4)cc3c2=O)oc1C. The second-order valence-corrected chi connectivity index (χ2v) is 6.61. The number of oxazole rings is 1. The fraction of sp³-hybridized carbons (Fsp3) is 0.200. The van der Waals surface area contributed by atoms with Crippen molar-refractivity contribution in [3.63, 3.8) is 0 Å². The van der Waals surface area contributed by atoms with Crippen LogP contribution in [0.3, 0.4) is 0 Å². The van der Waals surface area contributed by atoms with E-state index in [1.54, 1.807) is 32.0 Å². The van der Waals surface area contributed by atoms with Crippen LogP contribution in [0.1, 0.15) is 17.3 Å². The molecular weight excluding hydrogens is 401 g/mol. The molecule has 2 aromatic carbocycles. The van der Waals surface area contributed by atoms with Crippen LogP contribution in [0.15, 0.2) is 51.7 Å². The number of fused-ring (bicyclic) bond motifs is 1. The first-order chi connectivity index (χ1) is 14.2. The number of hydrogen-bond acceptors (Lipinski definition) is 6. The molecule has 30 heavy (non-hydrogen) atoms. The average Bonchev–Trinajstić information content (AvgIpc) is 3.00. The Bertz CT molecular complexity index is 1260. The molecule has 4 rings (SSSR count). The first kappa shape index (κ1) is 19.6. The number of rotatable bonds is 4. The number of alkyl halides is 3. The van der Waals surface area contributed by atoms with E-state index >= 15 is 0 Å². The molecule has 0 fully saturated rings. The number of hydrogen-bond donors (Lipinski definition) is 0. The fourth-order valence-corrected chi connectivity index (χ4v) is 2.94. The molecule has 2 aromatic heterocycles. The van der Waals surface area contributed by atoms with Crippen LogP contribution in [0.5, 0.6) is 5.75 Å². The van der Waals surface area contributed by atoms with Crippen molar-refractivity contribution in [2.75, 3.05) is 0 Å². The second-order valence-electron chi connectivity index (χ2n) is 6.61. The highest BCUT2D eigenvalue weighted by molar-refractivity contribution is 5.83. The minimum absolute atomic E-state index is 0.0319. The van der Waals surface area contributed by atoms with Crippen molar-refractivity contribution in [2.45, 2.75) is 26.8 Å². The summed E-state index contributed by atoms with van der Waals surface area (Å²) in [6.45, 7) is 3.61. The first-order valence-corrected chi connectivity index (χ1v) is 8.86. The zero-order chi connectivity index (χ0) is 21.5. The zero-order valence-electron chi connectivity index (χ0n) is 15.9. The van der Waals surface area contributed by atoms with Crippen LogP contribution in [-0.2, 0) is 6.54 Å². The largest absolute Gasteiger partial charge is 0.573 e.